The number of nitriles is 2. The van der Waals surface area contributed by atoms with Gasteiger partial charge in [-0.1, -0.05) is 11.6 Å². The molecule has 7 heteroatoms. The lowest BCUT2D eigenvalue weighted by Gasteiger charge is -2.19. The Bertz CT molecular complexity index is 688. The topological polar surface area (TPSA) is 85.0 Å². The number of nitrogens with zero attached hydrogens (tertiary/aromatic N) is 3. The minimum absolute atomic E-state index is 0.00244. The molecular weight excluding hydrogens is 286 g/mol. The van der Waals surface area contributed by atoms with Crippen molar-refractivity contribution in [2.24, 2.45) is 0 Å². The molecule has 1 aromatic rings. The van der Waals surface area contributed by atoms with Crippen molar-refractivity contribution in [1.82, 2.24) is 4.31 Å². The molecule has 98 valence electrons. The lowest BCUT2D eigenvalue weighted by atomic mass is 10.2. The second kappa shape index (κ2) is 5.18. The summed E-state index contributed by atoms with van der Waals surface area (Å²) in [6, 6.07) is 7.25. The van der Waals surface area contributed by atoms with E-state index in [1.165, 1.54) is 22.5 Å². The number of hydrogen-bond donors (Lipinski definition) is 0. The van der Waals surface area contributed by atoms with Crippen LogP contribution >= 0.6 is 11.6 Å². The first-order valence-electron chi connectivity index (χ1n) is 5.62. The van der Waals surface area contributed by atoms with Crippen LogP contribution in [0.4, 0.5) is 0 Å². The van der Waals surface area contributed by atoms with Crippen molar-refractivity contribution in [3.8, 4) is 12.1 Å². The monoisotopic (exact) mass is 295 g/mol. The van der Waals surface area contributed by atoms with Crippen LogP contribution in [0.15, 0.2) is 23.1 Å². The largest absolute Gasteiger partial charge is 0.245 e. The molecule has 1 atom stereocenters. The average Bonchev–Trinajstić information content (AvgIpc) is 2.87. The van der Waals surface area contributed by atoms with E-state index < -0.39 is 16.1 Å². The van der Waals surface area contributed by atoms with Crippen LogP contribution < -0.4 is 0 Å². The minimum atomic E-state index is -3.79. The van der Waals surface area contributed by atoms with E-state index in [0.717, 1.165) is 0 Å². The fourth-order valence-electron chi connectivity index (χ4n) is 2.06. The second-order valence-corrected chi connectivity index (χ2v) is 6.43. The lowest BCUT2D eigenvalue weighted by molar-refractivity contribution is 0.437. The third kappa shape index (κ3) is 2.43. The molecule has 0 amide bonds. The van der Waals surface area contributed by atoms with Crippen molar-refractivity contribution in [1.29, 1.82) is 10.5 Å². The zero-order chi connectivity index (χ0) is 14.0. The molecule has 1 saturated heterocycles. The number of benzene rings is 1. The molecule has 0 radical (unpaired) electrons. The van der Waals surface area contributed by atoms with Crippen LogP contribution in [0.1, 0.15) is 18.4 Å². The first kappa shape index (κ1) is 13.8. The van der Waals surface area contributed by atoms with Gasteiger partial charge in [0.25, 0.3) is 0 Å². The number of halogens is 1. The molecule has 1 aliphatic rings. The highest BCUT2D eigenvalue weighted by Crippen LogP contribution is 2.30. The van der Waals surface area contributed by atoms with E-state index in [1.54, 1.807) is 0 Å². The molecule has 1 aromatic carbocycles. The minimum Gasteiger partial charge on any atom is -0.207 e. The summed E-state index contributed by atoms with van der Waals surface area (Å²) in [6.07, 6.45) is 1.19. The Labute approximate surface area is 116 Å². The van der Waals surface area contributed by atoms with Crippen LogP contribution in [0.5, 0.6) is 0 Å². The van der Waals surface area contributed by atoms with Crippen molar-refractivity contribution in [2.45, 2.75) is 23.8 Å². The van der Waals surface area contributed by atoms with E-state index in [4.69, 9.17) is 22.1 Å². The van der Waals surface area contributed by atoms with Crippen LogP contribution in [0.3, 0.4) is 0 Å². The van der Waals surface area contributed by atoms with Gasteiger partial charge in [-0.15, -0.1) is 0 Å². The highest BCUT2D eigenvalue weighted by molar-refractivity contribution is 7.89. The fourth-order valence-corrected chi connectivity index (χ4v) is 4.19. The highest BCUT2D eigenvalue weighted by atomic mass is 35.5. The molecule has 0 bridgehead atoms. The first-order chi connectivity index (χ1) is 9.00. The molecule has 5 nitrogen and oxygen atoms in total. The number of rotatable bonds is 2. The van der Waals surface area contributed by atoms with Crippen molar-refractivity contribution in [3.63, 3.8) is 0 Å². The van der Waals surface area contributed by atoms with Gasteiger partial charge in [0.15, 0.2) is 0 Å². The third-order valence-electron chi connectivity index (χ3n) is 3.00. The fraction of sp³-hybridized carbons (Fsp3) is 0.333. The van der Waals surface area contributed by atoms with Gasteiger partial charge < -0.3 is 0 Å². The van der Waals surface area contributed by atoms with E-state index in [-0.39, 0.29) is 9.92 Å². The van der Waals surface area contributed by atoms with Gasteiger partial charge in [-0.05, 0) is 31.0 Å². The molecule has 0 aliphatic carbocycles. The van der Waals surface area contributed by atoms with Crippen molar-refractivity contribution < 1.29 is 8.42 Å². The number of hydrogen-bond acceptors (Lipinski definition) is 4. The van der Waals surface area contributed by atoms with Gasteiger partial charge in [0.05, 0.1) is 22.7 Å². The van der Waals surface area contributed by atoms with E-state index in [1.807, 2.05) is 12.1 Å². The standard InChI is InChI=1S/C12H10ClN3O2S/c13-11-6-9(7-14)3-4-12(11)19(17,18)16-5-1-2-10(16)8-15/h3-4,6,10H,1-2,5H2. The van der Waals surface area contributed by atoms with E-state index >= 15 is 0 Å². The maximum atomic E-state index is 12.4. The Morgan fingerprint density at radius 1 is 1.37 bits per heavy atom. The normalized spacial score (nSPS) is 19.8. The van der Waals surface area contributed by atoms with Gasteiger partial charge in [-0.3, -0.25) is 0 Å². The molecule has 1 aliphatic heterocycles. The molecule has 0 spiro atoms. The summed E-state index contributed by atoms with van der Waals surface area (Å²) in [5, 5.41) is 17.7. The zero-order valence-corrected chi connectivity index (χ0v) is 11.4. The summed E-state index contributed by atoms with van der Waals surface area (Å²) < 4.78 is 26.0. The SMILES string of the molecule is N#Cc1ccc(S(=O)(=O)N2CCCC2C#N)c(Cl)c1. The predicted molar refractivity (Wildman–Crippen MR) is 68.7 cm³/mol. The summed E-state index contributed by atoms with van der Waals surface area (Å²) in [6.45, 7) is 0.316. The average molecular weight is 296 g/mol. The van der Waals surface area contributed by atoms with Crippen molar-refractivity contribution >= 4 is 21.6 Å². The molecular formula is C12H10ClN3O2S. The molecule has 1 heterocycles. The predicted octanol–water partition coefficient (Wildman–Crippen LogP) is 1.89. The lowest BCUT2D eigenvalue weighted by Crippen LogP contribution is -2.34. The van der Waals surface area contributed by atoms with E-state index in [9.17, 15) is 8.42 Å². The van der Waals surface area contributed by atoms with Crippen LogP contribution in [0, 0.1) is 22.7 Å². The second-order valence-electron chi connectivity index (χ2n) is 4.16. The van der Waals surface area contributed by atoms with Crippen LogP contribution in [0.2, 0.25) is 5.02 Å². The third-order valence-corrected chi connectivity index (χ3v) is 5.39. The van der Waals surface area contributed by atoms with Gasteiger partial charge in [-0.25, -0.2) is 8.42 Å². The van der Waals surface area contributed by atoms with Gasteiger partial charge in [0.2, 0.25) is 10.0 Å². The molecule has 0 N–H and O–H groups in total. The molecule has 0 aromatic heterocycles. The Kier molecular flexibility index (Phi) is 3.77. The van der Waals surface area contributed by atoms with Gasteiger partial charge in [0.1, 0.15) is 10.9 Å². The van der Waals surface area contributed by atoms with E-state index in [0.29, 0.717) is 24.9 Å². The zero-order valence-electron chi connectivity index (χ0n) is 9.88. The van der Waals surface area contributed by atoms with Gasteiger partial charge >= 0.3 is 0 Å². The molecule has 0 saturated carbocycles. The molecule has 19 heavy (non-hydrogen) atoms. The maximum Gasteiger partial charge on any atom is 0.245 e. The summed E-state index contributed by atoms with van der Waals surface area (Å²) >= 11 is 5.92. The summed E-state index contributed by atoms with van der Waals surface area (Å²) in [5.74, 6) is 0. The maximum absolute atomic E-state index is 12.4. The number of sulfonamides is 1. The highest BCUT2D eigenvalue weighted by Gasteiger charge is 2.36. The Balaban J connectivity index is 2.46. The van der Waals surface area contributed by atoms with Gasteiger partial charge in [0, 0.05) is 6.54 Å². The summed E-state index contributed by atoms with van der Waals surface area (Å²) in [7, 11) is -3.79. The smallest absolute Gasteiger partial charge is 0.207 e. The molecule has 1 fully saturated rings. The van der Waals surface area contributed by atoms with Gasteiger partial charge in [-0.2, -0.15) is 14.8 Å². The Morgan fingerprint density at radius 3 is 2.68 bits per heavy atom. The van der Waals surface area contributed by atoms with Crippen LogP contribution in [0.25, 0.3) is 0 Å². The summed E-state index contributed by atoms with van der Waals surface area (Å²) in [4.78, 5) is -0.0599. The summed E-state index contributed by atoms with van der Waals surface area (Å²) in [5.41, 5.74) is 0.294. The quantitative estimate of drug-likeness (QED) is 0.834. The van der Waals surface area contributed by atoms with Crippen molar-refractivity contribution in [2.75, 3.05) is 6.54 Å². The molecule has 1 unspecified atom stereocenters. The Hall–Kier alpha value is -1.60. The first-order valence-corrected chi connectivity index (χ1v) is 7.43. The van der Waals surface area contributed by atoms with E-state index in [2.05, 4.69) is 0 Å². The molecule has 2 rings (SSSR count). The van der Waals surface area contributed by atoms with Crippen molar-refractivity contribution in [3.05, 3.63) is 28.8 Å². The van der Waals surface area contributed by atoms with Crippen LogP contribution in [-0.2, 0) is 10.0 Å². The van der Waals surface area contributed by atoms with Crippen LogP contribution in [-0.4, -0.2) is 25.3 Å². The Morgan fingerprint density at radius 2 is 2.11 bits per heavy atom.